The van der Waals surface area contributed by atoms with E-state index in [2.05, 4.69) is 0 Å². The molecule has 0 radical (unpaired) electrons. The van der Waals surface area contributed by atoms with Gasteiger partial charge in [0.05, 0.1) is 18.8 Å². The van der Waals surface area contributed by atoms with Gasteiger partial charge in [0.2, 0.25) is 0 Å². The third-order valence-corrected chi connectivity index (χ3v) is 6.77. The van der Waals surface area contributed by atoms with Crippen LogP contribution >= 0.6 is 11.8 Å². The van der Waals surface area contributed by atoms with Crippen molar-refractivity contribution in [1.82, 2.24) is 0 Å². The second-order valence-electron chi connectivity index (χ2n) is 8.14. The minimum Gasteiger partial charge on any atom is -0.453 e. The third kappa shape index (κ3) is 6.05. The van der Waals surface area contributed by atoms with Gasteiger partial charge >= 0.3 is 5.97 Å². The van der Waals surface area contributed by atoms with Crippen LogP contribution in [-0.2, 0) is 20.8 Å². The second kappa shape index (κ2) is 11.6. The fourth-order valence-electron chi connectivity index (χ4n) is 3.76. The number of hydrogen-bond donors (Lipinski definition) is 2. The zero-order valence-electron chi connectivity index (χ0n) is 18.8. The van der Waals surface area contributed by atoms with Crippen LogP contribution in [0.5, 0.6) is 0 Å². The molecule has 1 saturated heterocycles. The number of aryl methyl sites for hydroxylation is 1. The quantitative estimate of drug-likeness (QED) is 0.472. The van der Waals surface area contributed by atoms with E-state index < -0.39 is 35.8 Å². The normalized spacial score (nSPS) is 24.5. The number of thioether (sulfide) groups is 1. The van der Waals surface area contributed by atoms with Crippen LogP contribution < -0.4 is 0 Å². The van der Waals surface area contributed by atoms with E-state index in [0.29, 0.717) is 5.56 Å². The van der Waals surface area contributed by atoms with Crippen molar-refractivity contribution in [2.45, 2.75) is 48.3 Å². The van der Waals surface area contributed by atoms with Crippen molar-refractivity contribution >= 4 is 17.7 Å². The number of hydrogen-bond acceptors (Lipinski definition) is 7. The lowest BCUT2D eigenvalue weighted by Crippen LogP contribution is -2.59. The average Bonchev–Trinajstić information content (AvgIpc) is 2.88. The zero-order valence-corrected chi connectivity index (χ0v) is 19.6. The number of esters is 1. The molecule has 6 nitrogen and oxygen atoms in total. The van der Waals surface area contributed by atoms with E-state index in [4.69, 9.17) is 14.2 Å². The number of rotatable bonds is 8. The van der Waals surface area contributed by atoms with E-state index in [1.54, 1.807) is 24.3 Å². The summed E-state index contributed by atoms with van der Waals surface area (Å²) in [5.41, 5.74) is 1.64. The maximum atomic E-state index is 12.9. The first-order valence-corrected chi connectivity index (χ1v) is 12.0. The van der Waals surface area contributed by atoms with E-state index >= 15 is 0 Å². The maximum absolute atomic E-state index is 12.9. The van der Waals surface area contributed by atoms with Crippen LogP contribution in [0.1, 0.15) is 21.5 Å². The first kappa shape index (κ1) is 24.4. The fourth-order valence-corrected chi connectivity index (χ4v) is 4.81. The molecule has 0 bridgehead atoms. The van der Waals surface area contributed by atoms with Crippen molar-refractivity contribution in [3.8, 4) is 0 Å². The third-order valence-electron chi connectivity index (χ3n) is 5.61. The molecule has 3 aromatic rings. The number of aliphatic hydroxyl groups excluding tert-OH is 2. The smallest absolute Gasteiger partial charge is 0.338 e. The summed E-state index contributed by atoms with van der Waals surface area (Å²) in [6.45, 7) is 1.86. The van der Waals surface area contributed by atoms with Crippen LogP contribution in [0.4, 0.5) is 0 Å². The fraction of sp³-hybridized carbons (Fsp3) is 0.296. The molecule has 0 amide bonds. The Bertz CT molecular complexity index is 1040. The lowest BCUT2D eigenvalue weighted by molar-refractivity contribution is -0.224. The lowest BCUT2D eigenvalue weighted by Gasteiger charge is -2.43. The molecular formula is C27H28O6S. The van der Waals surface area contributed by atoms with Gasteiger partial charge in [0.1, 0.15) is 23.7 Å². The molecule has 1 aliphatic rings. The van der Waals surface area contributed by atoms with Crippen molar-refractivity contribution < 1.29 is 29.2 Å². The molecule has 1 fully saturated rings. The Morgan fingerprint density at radius 2 is 1.59 bits per heavy atom. The number of ether oxygens (including phenoxy) is 3. The average molecular weight is 481 g/mol. The lowest BCUT2D eigenvalue weighted by atomic mass is 9.99. The molecule has 0 aliphatic carbocycles. The molecule has 4 rings (SSSR count). The summed E-state index contributed by atoms with van der Waals surface area (Å²) >= 11 is 1.31. The molecule has 5 atom stereocenters. The highest BCUT2D eigenvalue weighted by Crippen LogP contribution is 2.36. The zero-order chi connectivity index (χ0) is 23.9. The summed E-state index contributed by atoms with van der Waals surface area (Å²) in [6, 6.07) is 25.9. The van der Waals surface area contributed by atoms with E-state index in [0.717, 1.165) is 16.0 Å². The van der Waals surface area contributed by atoms with Gasteiger partial charge in [-0.25, -0.2) is 4.79 Å². The first-order valence-electron chi connectivity index (χ1n) is 11.1. The highest BCUT2D eigenvalue weighted by atomic mass is 32.2. The second-order valence-corrected chi connectivity index (χ2v) is 9.32. The van der Waals surface area contributed by atoms with Crippen LogP contribution in [0.15, 0.2) is 89.8 Å². The number of aliphatic hydroxyl groups is 2. The predicted molar refractivity (Wildman–Crippen MR) is 129 cm³/mol. The molecular weight excluding hydrogens is 452 g/mol. The summed E-state index contributed by atoms with van der Waals surface area (Å²) in [5.74, 6) is -0.573. The van der Waals surface area contributed by atoms with Crippen molar-refractivity contribution in [3.05, 3.63) is 102 Å². The SMILES string of the molecule is Cc1ccc(S[C@@H]2O[C@H](CO)[C@@H](OCc3ccccc3)[C@H](OC(=O)c3ccccc3)[C@H]2O)cc1. The van der Waals surface area contributed by atoms with Crippen LogP contribution in [0.2, 0.25) is 0 Å². The van der Waals surface area contributed by atoms with Crippen molar-refractivity contribution in [1.29, 1.82) is 0 Å². The molecule has 178 valence electrons. The van der Waals surface area contributed by atoms with Gasteiger partial charge in [0, 0.05) is 4.90 Å². The molecule has 1 heterocycles. The highest BCUT2D eigenvalue weighted by molar-refractivity contribution is 7.99. The van der Waals surface area contributed by atoms with Gasteiger partial charge in [0.25, 0.3) is 0 Å². The maximum Gasteiger partial charge on any atom is 0.338 e. The van der Waals surface area contributed by atoms with Gasteiger partial charge in [-0.05, 0) is 36.8 Å². The van der Waals surface area contributed by atoms with Gasteiger partial charge in [-0.15, -0.1) is 0 Å². The molecule has 1 aliphatic heterocycles. The Morgan fingerprint density at radius 1 is 0.941 bits per heavy atom. The van der Waals surface area contributed by atoms with Crippen molar-refractivity contribution in [2.24, 2.45) is 0 Å². The van der Waals surface area contributed by atoms with E-state index in [1.807, 2.05) is 67.6 Å². The van der Waals surface area contributed by atoms with E-state index in [9.17, 15) is 15.0 Å². The standard InChI is InChI=1S/C27H28O6S/c1-18-12-14-21(15-13-18)34-27-23(29)25(33-26(30)20-10-6-3-7-11-20)24(22(16-28)32-27)31-17-19-8-4-2-5-9-19/h2-15,22-25,27-29H,16-17H2,1H3/t22-,23-,24-,25-,27+/m1/s1. The molecule has 2 N–H and O–H groups in total. The summed E-state index contributed by atoms with van der Waals surface area (Å²) in [5, 5.41) is 21.3. The monoisotopic (exact) mass is 480 g/mol. The minimum absolute atomic E-state index is 0.216. The number of benzene rings is 3. The van der Waals surface area contributed by atoms with Gasteiger partial charge in [-0.1, -0.05) is 78.0 Å². The summed E-state index contributed by atoms with van der Waals surface area (Å²) in [4.78, 5) is 13.8. The molecule has 34 heavy (non-hydrogen) atoms. The van der Waals surface area contributed by atoms with Crippen LogP contribution in [-0.4, -0.2) is 52.6 Å². The van der Waals surface area contributed by atoms with Gasteiger partial charge in [-0.2, -0.15) is 0 Å². The topological polar surface area (TPSA) is 85.2 Å². The first-order chi connectivity index (χ1) is 16.5. The van der Waals surface area contributed by atoms with Crippen LogP contribution in [0.25, 0.3) is 0 Å². The molecule has 0 unspecified atom stereocenters. The summed E-state index contributed by atoms with van der Waals surface area (Å²) in [7, 11) is 0. The summed E-state index contributed by atoms with van der Waals surface area (Å²) in [6.07, 6.45) is -3.86. The van der Waals surface area contributed by atoms with Crippen LogP contribution in [0, 0.1) is 6.92 Å². The molecule has 3 aromatic carbocycles. The molecule has 0 saturated carbocycles. The minimum atomic E-state index is -1.18. The van der Waals surface area contributed by atoms with E-state index in [1.165, 1.54) is 11.8 Å². The van der Waals surface area contributed by atoms with Gasteiger partial charge in [0.15, 0.2) is 6.10 Å². The Morgan fingerprint density at radius 3 is 2.24 bits per heavy atom. The van der Waals surface area contributed by atoms with Gasteiger partial charge in [-0.3, -0.25) is 0 Å². The van der Waals surface area contributed by atoms with Gasteiger partial charge < -0.3 is 24.4 Å². The van der Waals surface area contributed by atoms with Crippen LogP contribution in [0.3, 0.4) is 0 Å². The molecule has 0 spiro atoms. The Hall–Kier alpha value is -2.68. The summed E-state index contributed by atoms with van der Waals surface area (Å²) < 4.78 is 17.9. The number of carbonyl (C=O) groups is 1. The van der Waals surface area contributed by atoms with Crippen molar-refractivity contribution in [2.75, 3.05) is 6.61 Å². The Balaban J connectivity index is 1.57. The van der Waals surface area contributed by atoms with E-state index in [-0.39, 0.29) is 13.2 Å². The highest BCUT2D eigenvalue weighted by Gasteiger charge is 2.48. The number of carbonyl (C=O) groups excluding carboxylic acids is 1. The Labute approximate surface area is 203 Å². The Kier molecular flexibility index (Phi) is 8.37. The molecule has 0 aromatic heterocycles. The predicted octanol–water partition coefficient (Wildman–Crippen LogP) is 3.98. The largest absolute Gasteiger partial charge is 0.453 e. The van der Waals surface area contributed by atoms with Crippen molar-refractivity contribution in [3.63, 3.8) is 0 Å². The molecule has 7 heteroatoms.